The molecule has 3 heteroatoms. The smallest absolute Gasteiger partial charge is 0.328 e. The number of rotatable bonds is 3. The number of ether oxygens (including phenoxy) is 1. The highest BCUT2D eigenvalue weighted by Gasteiger charge is 1.81. The van der Waals surface area contributed by atoms with Crippen LogP contribution in [0.1, 0.15) is 0 Å². The van der Waals surface area contributed by atoms with Gasteiger partial charge in [-0.2, -0.15) is 0 Å². The Bertz CT molecular complexity index is 95.8. The third-order valence-electron chi connectivity index (χ3n) is 0.523. The minimum atomic E-state index is -0.943. The molecular weight excluding hydrogens is 108 g/mol. The van der Waals surface area contributed by atoms with Gasteiger partial charge in [0.2, 0.25) is 0 Å². The molecule has 0 aromatic heterocycles. The van der Waals surface area contributed by atoms with Crippen LogP contribution in [0.15, 0.2) is 12.2 Å². The lowest BCUT2D eigenvalue weighted by Gasteiger charge is -1.83. The fourth-order valence-corrected chi connectivity index (χ4v) is 0.245. The molecule has 46 valence electrons. The van der Waals surface area contributed by atoms with Crippen LogP contribution in [0.5, 0.6) is 0 Å². The Morgan fingerprint density at radius 3 is 2.88 bits per heavy atom. The van der Waals surface area contributed by atoms with Gasteiger partial charge in [-0.15, -0.1) is 0 Å². The number of carbonyl (C=O) groups is 1. The maximum Gasteiger partial charge on any atom is 0.328 e. The highest BCUT2D eigenvalue weighted by Crippen LogP contribution is 1.72. The summed E-state index contributed by atoms with van der Waals surface area (Å²) in [4.78, 5) is 9.73. The van der Waals surface area contributed by atoms with Crippen LogP contribution in [-0.2, 0) is 9.53 Å². The topological polar surface area (TPSA) is 46.5 Å². The van der Waals surface area contributed by atoms with Crippen LogP contribution in [-0.4, -0.2) is 24.8 Å². The molecule has 0 saturated carbocycles. The molecule has 0 heterocycles. The molecule has 0 aliphatic rings. The van der Waals surface area contributed by atoms with E-state index in [2.05, 4.69) is 4.74 Å². The van der Waals surface area contributed by atoms with Gasteiger partial charge >= 0.3 is 5.97 Å². The average Bonchev–Trinajstić information content (AvgIpc) is 1.66. The zero-order valence-electron chi connectivity index (χ0n) is 4.63. The van der Waals surface area contributed by atoms with Crippen LogP contribution in [0.3, 0.4) is 0 Å². The van der Waals surface area contributed by atoms with Crippen LogP contribution in [0, 0.1) is 0 Å². The summed E-state index contributed by atoms with van der Waals surface area (Å²) in [6.45, 7) is 0.353. The van der Waals surface area contributed by atoms with Crippen molar-refractivity contribution in [2.75, 3.05) is 13.7 Å². The molecule has 0 aliphatic heterocycles. The summed E-state index contributed by atoms with van der Waals surface area (Å²) in [5.74, 6) is -0.943. The lowest BCUT2D eigenvalue weighted by molar-refractivity contribution is -0.131. The SMILES string of the molecule is COCC=CC(=O)O. The van der Waals surface area contributed by atoms with E-state index in [9.17, 15) is 4.79 Å². The second-order valence-electron chi connectivity index (χ2n) is 1.20. The molecule has 0 radical (unpaired) electrons. The predicted molar refractivity (Wildman–Crippen MR) is 28.7 cm³/mol. The molecule has 0 aromatic carbocycles. The van der Waals surface area contributed by atoms with Gasteiger partial charge in [0.1, 0.15) is 0 Å². The molecule has 0 saturated heterocycles. The third-order valence-corrected chi connectivity index (χ3v) is 0.523. The molecular formula is C5H8O3. The van der Waals surface area contributed by atoms with Gasteiger partial charge in [-0.25, -0.2) is 4.79 Å². The molecule has 0 atom stereocenters. The Kier molecular flexibility index (Phi) is 3.88. The van der Waals surface area contributed by atoms with E-state index in [1.165, 1.54) is 13.2 Å². The van der Waals surface area contributed by atoms with Crippen molar-refractivity contribution in [3.8, 4) is 0 Å². The minimum Gasteiger partial charge on any atom is -0.478 e. The van der Waals surface area contributed by atoms with E-state index in [1.54, 1.807) is 0 Å². The second-order valence-corrected chi connectivity index (χ2v) is 1.20. The van der Waals surface area contributed by atoms with Crippen molar-refractivity contribution in [2.45, 2.75) is 0 Å². The van der Waals surface area contributed by atoms with Gasteiger partial charge < -0.3 is 9.84 Å². The van der Waals surface area contributed by atoms with Gasteiger partial charge in [0.15, 0.2) is 0 Å². The first kappa shape index (κ1) is 7.17. The first-order valence-corrected chi connectivity index (χ1v) is 2.15. The number of hydrogen-bond acceptors (Lipinski definition) is 2. The molecule has 3 nitrogen and oxygen atoms in total. The van der Waals surface area contributed by atoms with Crippen LogP contribution < -0.4 is 0 Å². The summed E-state index contributed by atoms with van der Waals surface area (Å²) in [6, 6.07) is 0. The quantitative estimate of drug-likeness (QED) is 0.538. The van der Waals surface area contributed by atoms with Gasteiger partial charge in [-0.05, 0) is 0 Å². The first-order valence-electron chi connectivity index (χ1n) is 2.15. The molecule has 0 aliphatic carbocycles. The number of carboxylic acids is 1. The fraction of sp³-hybridized carbons (Fsp3) is 0.400. The number of hydrogen-bond donors (Lipinski definition) is 1. The minimum absolute atomic E-state index is 0.353. The van der Waals surface area contributed by atoms with Gasteiger partial charge in [0, 0.05) is 13.2 Å². The Labute approximate surface area is 47.6 Å². The van der Waals surface area contributed by atoms with E-state index in [1.807, 2.05) is 0 Å². The Morgan fingerprint density at radius 1 is 1.88 bits per heavy atom. The Balaban J connectivity index is 3.20. The molecule has 0 spiro atoms. The largest absolute Gasteiger partial charge is 0.478 e. The molecule has 0 amide bonds. The van der Waals surface area contributed by atoms with E-state index in [-0.39, 0.29) is 0 Å². The predicted octanol–water partition coefficient (Wildman–Crippen LogP) is 0.274. The maximum absolute atomic E-state index is 9.73. The molecule has 1 N–H and O–H groups in total. The van der Waals surface area contributed by atoms with Crippen LogP contribution >= 0.6 is 0 Å². The summed E-state index contributed by atoms with van der Waals surface area (Å²) in [6.07, 6.45) is 2.48. The van der Waals surface area contributed by atoms with Crippen LogP contribution in [0.2, 0.25) is 0 Å². The van der Waals surface area contributed by atoms with Crippen molar-refractivity contribution >= 4 is 5.97 Å². The zero-order valence-corrected chi connectivity index (χ0v) is 4.63. The molecule has 0 unspecified atom stereocenters. The van der Waals surface area contributed by atoms with Gasteiger partial charge in [-0.3, -0.25) is 0 Å². The first-order chi connectivity index (χ1) is 3.77. The summed E-state index contributed by atoms with van der Waals surface area (Å²) in [5, 5.41) is 8.00. The average molecular weight is 116 g/mol. The van der Waals surface area contributed by atoms with Gasteiger partial charge in [0.05, 0.1) is 6.61 Å². The highest BCUT2D eigenvalue weighted by atomic mass is 16.5. The van der Waals surface area contributed by atoms with Crippen molar-refractivity contribution < 1.29 is 14.6 Å². The van der Waals surface area contributed by atoms with Crippen LogP contribution in [0.25, 0.3) is 0 Å². The van der Waals surface area contributed by atoms with Crippen molar-refractivity contribution in [2.24, 2.45) is 0 Å². The zero-order chi connectivity index (χ0) is 6.41. The molecule has 0 fully saturated rings. The van der Waals surface area contributed by atoms with Crippen LogP contribution in [0.4, 0.5) is 0 Å². The normalized spacial score (nSPS) is 10.1. The van der Waals surface area contributed by atoms with Crippen molar-refractivity contribution in [1.29, 1.82) is 0 Å². The monoisotopic (exact) mass is 116 g/mol. The number of methoxy groups -OCH3 is 1. The summed E-state index contributed by atoms with van der Waals surface area (Å²) < 4.78 is 4.54. The molecule has 0 aromatic rings. The third kappa shape index (κ3) is 5.17. The molecule has 8 heavy (non-hydrogen) atoms. The maximum atomic E-state index is 9.73. The molecule has 0 rings (SSSR count). The van der Waals surface area contributed by atoms with E-state index < -0.39 is 5.97 Å². The van der Waals surface area contributed by atoms with Crippen molar-refractivity contribution in [3.05, 3.63) is 12.2 Å². The second kappa shape index (κ2) is 4.33. The van der Waals surface area contributed by atoms with Gasteiger partial charge in [0.25, 0.3) is 0 Å². The lowest BCUT2D eigenvalue weighted by atomic mass is 10.5. The van der Waals surface area contributed by atoms with E-state index in [4.69, 9.17) is 5.11 Å². The van der Waals surface area contributed by atoms with Gasteiger partial charge in [-0.1, -0.05) is 6.08 Å². The van der Waals surface area contributed by atoms with E-state index in [0.717, 1.165) is 6.08 Å². The summed E-state index contributed by atoms with van der Waals surface area (Å²) in [5.41, 5.74) is 0. The van der Waals surface area contributed by atoms with E-state index >= 15 is 0 Å². The lowest BCUT2D eigenvalue weighted by Crippen LogP contribution is -1.88. The standard InChI is InChI=1S/C5H8O3/c1-8-4-2-3-5(6)7/h2-3H,4H2,1H3,(H,6,7). The molecule has 0 bridgehead atoms. The summed E-state index contributed by atoms with van der Waals surface area (Å²) >= 11 is 0. The van der Waals surface area contributed by atoms with Crippen molar-refractivity contribution in [1.82, 2.24) is 0 Å². The summed E-state index contributed by atoms with van der Waals surface area (Å²) in [7, 11) is 1.51. The number of aliphatic carboxylic acids is 1. The Hall–Kier alpha value is -0.830. The highest BCUT2D eigenvalue weighted by molar-refractivity contribution is 5.79. The van der Waals surface area contributed by atoms with E-state index in [0.29, 0.717) is 6.61 Å². The number of carboxylic acid groups (broad SMARTS) is 1. The van der Waals surface area contributed by atoms with Crippen molar-refractivity contribution in [3.63, 3.8) is 0 Å². The Morgan fingerprint density at radius 2 is 2.50 bits per heavy atom. The fourth-order valence-electron chi connectivity index (χ4n) is 0.245.